The lowest BCUT2D eigenvalue weighted by atomic mass is 10.2. The van der Waals surface area contributed by atoms with Crippen molar-refractivity contribution in [1.82, 2.24) is 5.32 Å². The lowest BCUT2D eigenvalue weighted by Gasteiger charge is -2.05. The second kappa shape index (κ2) is 5.47. The number of rotatable bonds is 3. The molecule has 0 saturated carbocycles. The Hall–Kier alpha value is -1.13. The minimum absolute atomic E-state index is 0.00234. The van der Waals surface area contributed by atoms with E-state index in [1.54, 1.807) is 0 Å². The summed E-state index contributed by atoms with van der Waals surface area (Å²) in [5.74, 6) is -0.00234. The van der Waals surface area contributed by atoms with E-state index in [9.17, 15) is 4.79 Å². The molecule has 2 nitrogen and oxygen atoms in total. The van der Waals surface area contributed by atoms with Crippen LogP contribution in [0.15, 0.2) is 40.2 Å². The van der Waals surface area contributed by atoms with E-state index in [4.69, 9.17) is 0 Å². The molecule has 0 aliphatic rings. The lowest BCUT2D eigenvalue weighted by Crippen LogP contribution is -2.22. The third-order valence-corrected chi connectivity index (χ3v) is 3.92. The summed E-state index contributed by atoms with van der Waals surface area (Å²) in [5, 5.41) is 4.85. The van der Waals surface area contributed by atoms with Crippen molar-refractivity contribution in [3.8, 4) is 0 Å². The van der Waals surface area contributed by atoms with Gasteiger partial charge in [-0.25, -0.2) is 0 Å². The largest absolute Gasteiger partial charge is 0.347 e. The van der Waals surface area contributed by atoms with Crippen molar-refractivity contribution >= 4 is 33.2 Å². The molecule has 1 aromatic heterocycles. The van der Waals surface area contributed by atoms with Gasteiger partial charge in [-0.15, -0.1) is 11.3 Å². The van der Waals surface area contributed by atoms with Crippen LogP contribution in [0.2, 0.25) is 0 Å². The van der Waals surface area contributed by atoms with Crippen LogP contribution >= 0.6 is 27.3 Å². The Morgan fingerprint density at radius 3 is 2.88 bits per heavy atom. The van der Waals surface area contributed by atoms with Crippen molar-refractivity contribution in [3.63, 3.8) is 0 Å². The summed E-state index contributed by atoms with van der Waals surface area (Å²) >= 11 is 4.88. The van der Waals surface area contributed by atoms with E-state index in [1.807, 2.05) is 42.6 Å². The molecule has 88 valence electrons. The highest BCUT2D eigenvalue weighted by Crippen LogP contribution is 2.16. The van der Waals surface area contributed by atoms with Crippen LogP contribution in [0.4, 0.5) is 0 Å². The Kier molecular flexibility index (Phi) is 3.97. The molecule has 0 unspecified atom stereocenters. The number of hydrogen-bond donors (Lipinski definition) is 1. The Balaban J connectivity index is 1.99. The molecule has 17 heavy (non-hydrogen) atoms. The van der Waals surface area contributed by atoms with Gasteiger partial charge in [0.1, 0.15) is 0 Å². The van der Waals surface area contributed by atoms with Gasteiger partial charge in [0.15, 0.2) is 0 Å². The topological polar surface area (TPSA) is 29.1 Å². The van der Waals surface area contributed by atoms with Crippen LogP contribution in [0.3, 0.4) is 0 Å². The Morgan fingerprint density at radius 1 is 1.41 bits per heavy atom. The number of thiophene rings is 1. The van der Waals surface area contributed by atoms with Crippen LogP contribution < -0.4 is 5.32 Å². The normalized spacial score (nSPS) is 10.2. The van der Waals surface area contributed by atoms with Gasteiger partial charge in [0, 0.05) is 11.0 Å². The number of amides is 1. The highest BCUT2D eigenvalue weighted by Gasteiger charge is 2.09. The van der Waals surface area contributed by atoms with E-state index in [-0.39, 0.29) is 5.91 Å². The molecule has 0 aliphatic carbocycles. The first-order valence-electron chi connectivity index (χ1n) is 5.23. The molecule has 1 aromatic carbocycles. The zero-order valence-corrected chi connectivity index (χ0v) is 11.8. The summed E-state index contributed by atoms with van der Waals surface area (Å²) < 4.78 is 1.02. The molecule has 2 aromatic rings. The van der Waals surface area contributed by atoms with Crippen LogP contribution in [0.1, 0.15) is 20.8 Å². The molecular weight excluding hydrogens is 298 g/mol. The zero-order valence-electron chi connectivity index (χ0n) is 9.37. The van der Waals surface area contributed by atoms with Gasteiger partial charge in [0.25, 0.3) is 5.91 Å². The van der Waals surface area contributed by atoms with E-state index in [2.05, 4.69) is 21.2 Å². The number of hydrogen-bond acceptors (Lipinski definition) is 2. The average Bonchev–Trinajstić information content (AvgIpc) is 2.72. The number of benzene rings is 1. The van der Waals surface area contributed by atoms with Gasteiger partial charge in [-0.1, -0.05) is 28.1 Å². The Morgan fingerprint density at radius 2 is 2.24 bits per heavy atom. The van der Waals surface area contributed by atoms with Crippen molar-refractivity contribution in [2.45, 2.75) is 13.5 Å². The first-order chi connectivity index (χ1) is 8.16. The SMILES string of the molecule is Cc1ccsc1C(=O)NCc1cccc(Br)c1. The average molecular weight is 310 g/mol. The van der Waals surface area contributed by atoms with Crippen molar-refractivity contribution in [3.05, 3.63) is 56.2 Å². The molecular formula is C13H12BrNOS. The minimum Gasteiger partial charge on any atom is -0.347 e. The smallest absolute Gasteiger partial charge is 0.261 e. The van der Waals surface area contributed by atoms with Crippen LogP contribution in [-0.4, -0.2) is 5.91 Å². The van der Waals surface area contributed by atoms with Crippen molar-refractivity contribution in [1.29, 1.82) is 0 Å². The second-order valence-electron chi connectivity index (χ2n) is 3.75. The van der Waals surface area contributed by atoms with Gasteiger partial charge in [0.05, 0.1) is 4.88 Å². The van der Waals surface area contributed by atoms with Crippen molar-refractivity contribution in [2.24, 2.45) is 0 Å². The maximum absolute atomic E-state index is 11.9. The molecule has 1 amide bonds. The number of aryl methyl sites for hydroxylation is 1. The summed E-state index contributed by atoms with van der Waals surface area (Å²) in [7, 11) is 0. The van der Waals surface area contributed by atoms with Gasteiger partial charge >= 0.3 is 0 Å². The third kappa shape index (κ3) is 3.17. The minimum atomic E-state index is -0.00234. The molecule has 0 saturated heterocycles. The number of halogens is 1. The maximum Gasteiger partial charge on any atom is 0.261 e. The predicted molar refractivity (Wildman–Crippen MR) is 74.4 cm³/mol. The second-order valence-corrected chi connectivity index (χ2v) is 5.58. The quantitative estimate of drug-likeness (QED) is 0.919. The Labute approximate surface area is 113 Å². The molecule has 0 radical (unpaired) electrons. The zero-order chi connectivity index (χ0) is 12.3. The van der Waals surface area contributed by atoms with Crippen molar-refractivity contribution in [2.75, 3.05) is 0 Å². The van der Waals surface area contributed by atoms with Crippen LogP contribution in [0.25, 0.3) is 0 Å². The molecule has 0 atom stereocenters. The summed E-state index contributed by atoms with van der Waals surface area (Å²) in [6, 6.07) is 9.88. The van der Waals surface area contributed by atoms with Gasteiger partial charge in [-0.05, 0) is 41.6 Å². The summed E-state index contributed by atoms with van der Waals surface area (Å²) in [6.45, 7) is 2.50. The molecule has 4 heteroatoms. The van der Waals surface area contributed by atoms with Gasteiger partial charge in [0.2, 0.25) is 0 Å². The number of carbonyl (C=O) groups excluding carboxylic acids is 1. The third-order valence-electron chi connectivity index (χ3n) is 2.41. The van der Waals surface area contributed by atoms with Crippen LogP contribution in [0.5, 0.6) is 0 Å². The highest BCUT2D eigenvalue weighted by molar-refractivity contribution is 9.10. The Bertz CT molecular complexity index is 536. The highest BCUT2D eigenvalue weighted by atomic mass is 79.9. The first-order valence-corrected chi connectivity index (χ1v) is 6.91. The number of carbonyl (C=O) groups is 1. The van der Waals surface area contributed by atoms with Crippen LogP contribution in [0, 0.1) is 6.92 Å². The molecule has 0 spiro atoms. The van der Waals surface area contributed by atoms with Crippen LogP contribution in [-0.2, 0) is 6.54 Å². The molecule has 1 heterocycles. The molecule has 2 rings (SSSR count). The van der Waals surface area contributed by atoms with E-state index < -0.39 is 0 Å². The fourth-order valence-electron chi connectivity index (χ4n) is 1.51. The summed E-state index contributed by atoms with van der Waals surface area (Å²) in [6.07, 6.45) is 0. The van der Waals surface area contributed by atoms with Gasteiger partial charge < -0.3 is 5.32 Å². The first kappa shape index (κ1) is 12.3. The molecule has 1 N–H and O–H groups in total. The molecule has 0 bridgehead atoms. The lowest BCUT2D eigenvalue weighted by molar-refractivity contribution is 0.0954. The van der Waals surface area contributed by atoms with Gasteiger partial charge in [-0.2, -0.15) is 0 Å². The number of nitrogens with one attached hydrogen (secondary N) is 1. The maximum atomic E-state index is 11.9. The molecule has 0 fully saturated rings. The van der Waals surface area contributed by atoms with E-state index in [0.717, 1.165) is 20.5 Å². The predicted octanol–water partition coefficient (Wildman–Crippen LogP) is 3.75. The fourth-order valence-corrected chi connectivity index (χ4v) is 2.80. The standard InChI is InChI=1S/C13H12BrNOS/c1-9-5-6-17-12(9)13(16)15-8-10-3-2-4-11(14)7-10/h2-7H,8H2,1H3,(H,15,16). The summed E-state index contributed by atoms with van der Waals surface area (Å²) in [4.78, 5) is 12.7. The monoisotopic (exact) mass is 309 g/mol. The summed E-state index contributed by atoms with van der Waals surface area (Å²) in [5.41, 5.74) is 2.11. The van der Waals surface area contributed by atoms with E-state index in [0.29, 0.717) is 6.54 Å². The fraction of sp³-hybridized carbons (Fsp3) is 0.154. The molecule has 0 aliphatic heterocycles. The van der Waals surface area contributed by atoms with Crippen molar-refractivity contribution < 1.29 is 4.79 Å². The van der Waals surface area contributed by atoms with E-state index >= 15 is 0 Å². The van der Waals surface area contributed by atoms with Gasteiger partial charge in [-0.3, -0.25) is 4.79 Å². The van der Waals surface area contributed by atoms with E-state index in [1.165, 1.54) is 11.3 Å².